The maximum Gasteiger partial charge on any atom is 0.436 e. The number of alkyl halides is 7. The van der Waals surface area contributed by atoms with Crippen molar-refractivity contribution in [3.05, 3.63) is 204 Å². The van der Waals surface area contributed by atoms with E-state index >= 15 is 0 Å². The van der Waals surface area contributed by atoms with Crippen LogP contribution in [-0.2, 0) is 26.4 Å². The van der Waals surface area contributed by atoms with Crippen molar-refractivity contribution in [1.29, 1.82) is 0 Å². The Bertz CT molecular complexity index is 2940. The third-order valence-corrected chi connectivity index (χ3v) is 15.8. The summed E-state index contributed by atoms with van der Waals surface area (Å²) in [5, 5.41) is 15.1. The fourth-order valence-electron chi connectivity index (χ4n) is 7.76. The highest BCUT2D eigenvalue weighted by molar-refractivity contribution is 14.1. The molecule has 5 aromatic carbocycles. The van der Waals surface area contributed by atoms with E-state index in [0.29, 0.717) is 20.6 Å². The fraction of sp³-hybridized carbons (Fsp3) is 0.259. The lowest BCUT2D eigenvalue weighted by atomic mass is 10.0. The normalized spacial score (nSPS) is 11.1. The Morgan fingerprint density at radius 2 is 0.936 bits per heavy atom. The molecule has 0 saturated heterocycles. The number of nitrogens with one attached hydrogen (secondary N) is 2. The van der Waals surface area contributed by atoms with Crippen molar-refractivity contribution in [3.63, 3.8) is 0 Å². The molecule has 0 spiro atoms. The summed E-state index contributed by atoms with van der Waals surface area (Å²) >= 11 is 2.15. The number of amides is 2. The smallest absolute Gasteiger partial charge is 0.436 e. The molecule has 0 unspecified atom stereocenters. The number of carbonyl (C=O) groups excluding carboxylic acids is 3. The van der Waals surface area contributed by atoms with Gasteiger partial charge in [-0.3, -0.25) is 14.4 Å². The summed E-state index contributed by atoms with van der Waals surface area (Å²) in [6.45, 7) is 12.6. The standard InChI is InChI=1S/C22H24P.C18H19F4N3O.C14H11F4N3O2.C3H6.CH3I.HI/c1-2-3-19-23(20-13-7-4-8-14-20,21-15-9-5-10-16-21)22-17-11-6-12-18-22;1-4-5-8-11(2)12-9-6-7-10-13(12)23-17(26)14-15(18(20,21)22)24-25(3)16(14)19;1-7(22)8-5-3-4-6-9(8)19-13(23)10-11(14(16,17)18)20-21(2)12(10)15;1-3-2;1-2;/h4-18H,2-3,19H2,1H3;6-10H,4-5H2,1-3H3,(H,23,26);3-6H,1-2H3,(H,19,23);3H,1H2,2H3;1H3;1H/q+1;;;;;/p-1. The van der Waals surface area contributed by atoms with Gasteiger partial charge >= 0.3 is 12.4 Å². The predicted octanol–water partition coefficient (Wildman–Crippen LogP) is 12.1. The minimum atomic E-state index is -4.99. The van der Waals surface area contributed by atoms with E-state index in [9.17, 15) is 49.5 Å². The minimum Gasteiger partial charge on any atom is -1.00 e. The number of hydrogen-bond donors (Lipinski definition) is 2. The van der Waals surface area contributed by atoms with Crippen LogP contribution in [0.4, 0.5) is 46.5 Å². The molecule has 2 N–H and O–H groups in total. The van der Waals surface area contributed by atoms with Gasteiger partial charge in [-0.05, 0) is 98.7 Å². The molecule has 0 fully saturated rings. The second-order valence-electron chi connectivity index (χ2n) is 16.8. The van der Waals surface area contributed by atoms with E-state index in [4.69, 9.17) is 0 Å². The van der Waals surface area contributed by atoms with Gasteiger partial charge in [-0.25, -0.2) is 9.36 Å². The highest BCUT2D eigenvalue weighted by Gasteiger charge is 2.45. The van der Waals surface area contributed by atoms with Crippen LogP contribution >= 0.6 is 29.9 Å². The lowest BCUT2D eigenvalue weighted by Crippen LogP contribution is -3.00. The Morgan fingerprint density at radius 3 is 1.27 bits per heavy atom. The third kappa shape index (κ3) is 18.3. The highest BCUT2D eigenvalue weighted by atomic mass is 127. The van der Waals surface area contributed by atoms with Gasteiger partial charge < -0.3 is 34.6 Å². The Morgan fingerprint density at radius 1 is 0.603 bits per heavy atom. The van der Waals surface area contributed by atoms with Crippen LogP contribution in [0.1, 0.15) is 108 Å². The quantitative estimate of drug-likeness (QED) is 0.0281. The van der Waals surface area contributed by atoms with Gasteiger partial charge in [0, 0.05) is 30.9 Å². The Labute approximate surface area is 482 Å². The number of para-hydroxylation sites is 2. The van der Waals surface area contributed by atoms with Crippen LogP contribution in [0.2, 0.25) is 0 Å². The van der Waals surface area contributed by atoms with E-state index in [1.165, 1.54) is 66.1 Å². The van der Waals surface area contributed by atoms with Crippen molar-refractivity contribution in [2.45, 2.75) is 72.7 Å². The van der Waals surface area contributed by atoms with Crippen molar-refractivity contribution in [3.8, 4) is 0 Å². The summed E-state index contributed by atoms with van der Waals surface area (Å²) in [6.07, 6.45) is -0.732. The lowest BCUT2D eigenvalue weighted by Gasteiger charge is -2.27. The first-order chi connectivity index (χ1) is 36.6. The Hall–Kier alpha value is -6.06. The van der Waals surface area contributed by atoms with Gasteiger partial charge in [0.2, 0.25) is 11.9 Å². The molecule has 9 nitrogen and oxygen atoms in total. The second-order valence-corrected chi connectivity index (χ2v) is 20.4. The average molecular weight is 1330 g/mol. The summed E-state index contributed by atoms with van der Waals surface area (Å²) in [6, 6.07) is 45.8. The van der Waals surface area contributed by atoms with Gasteiger partial charge in [0.05, 0.1) is 11.8 Å². The molecule has 0 atom stereocenters. The molecule has 0 aliphatic carbocycles. The molecule has 2 amide bonds. The first-order valence-electron chi connectivity index (χ1n) is 24.2. The second kappa shape index (κ2) is 32.7. The molecular weight excluding hydrogens is 1270 g/mol. The number of benzene rings is 5. The first kappa shape index (κ1) is 68.0. The van der Waals surface area contributed by atoms with E-state index in [0.717, 1.165) is 32.5 Å². The zero-order chi connectivity index (χ0) is 57.5. The molecule has 0 aliphatic rings. The number of unbranched alkanes of at least 4 members (excludes halogenated alkanes) is 2. The molecule has 20 heteroatoms. The van der Waals surface area contributed by atoms with Crippen molar-refractivity contribution in [2.75, 3.05) is 21.7 Å². The first-order valence-corrected chi connectivity index (χ1v) is 28.3. The molecule has 2 heterocycles. The summed E-state index contributed by atoms with van der Waals surface area (Å²) in [4.78, 5) is 37.9. The zero-order valence-corrected chi connectivity index (χ0v) is 49.6. The number of aryl methyl sites for hydroxylation is 2. The largest absolute Gasteiger partial charge is 1.00 e. The van der Waals surface area contributed by atoms with E-state index in [-0.39, 0.29) is 35.2 Å². The van der Waals surface area contributed by atoms with Crippen molar-refractivity contribution < 1.29 is 73.5 Å². The molecule has 2 aromatic heterocycles. The van der Waals surface area contributed by atoms with E-state index in [1.807, 2.05) is 31.8 Å². The maximum absolute atomic E-state index is 14.1. The minimum absolute atomic E-state index is 0. The Kier molecular flexibility index (Phi) is 28.6. The summed E-state index contributed by atoms with van der Waals surface area (Å²) < 4.78 is 106. The van der Waals surface area contributed by atoms with Crippen molar-refractivity contribution in [1.82, 2.24) is 19.6 Å². The number of hydrogen-bond acceptors (Lipinski definition) is 5. The molecule has 0 bridgehead atoms. The van der Waals surface area contributed by atoms with E-state index in [2.05, 4.69) is 148 Å². The van der Waals surface area contributed by atoms with Crippen LogP contribution in [0.15, 0.2) is 158 Å². The summed E-state index contributed by atoms with van der Waals surface area (Å²) in [7, 11) is 0.386. The molecule has 7 aromatic rings. The Balaban J connectivity index is 0.000000382. The monoisotopic (exact) mass is 1330 g/mol. The summed E-state index contributed by atoms with van der Waals surface area (Å²) in [5.74, 6) is -5.69. The van der Waals surface area contributed by atoms with E-state index in [1.54, 1.807) is 30.3 Å². The lowest BCUT2D eigenvalue weighted by molar-refractivity contribution is -0.142. The summed E-state index contributed by atoms with van der Waals surface area (Å²) in [5.41, 5.74) is -3.61. The van der Waals surface area contributed by atoms with Gasteiger partial charge in [0.15, 0.2) is 17.2 Å². The number of allylic oxidation sites excluding steroid dienone is 3. The third-order valence-electron chi connectivity index (χ3n) is 11.3. The number of carbonyl (C=O) groups is 3. The number of nitrogens with zero attached hydrogens (tertiary/aromatic N) is 4. The molecule has 0 saturated carbocycles. The van der Waals surface area contributed by atoms with Crippen molar-refractivity contribution >= 4 is 80.3 Å². The molecular formula is C58H63F8I2N6O3P. The number of anilines is 2. The number of Topliss-reactive ketones (excluding diaryl/α,β-unsaturated/α-hetero) is 1. The topological polar surface area (TPSA) is 111 Å². The number of ketones is 1. The molecule has 418 valence electrons. The van der Waals surface area contributed by atoms with Crippen molar-refractivity contribution in [2.24, 2.45) is 14.1 Å². The van der Waals surface area contributed by atoms with Crippen LogP contribution in [-0.4, -0.2) is 48.3 Å². The SMILES string of the molecule is C=CC.CC(=O)c1ccccc1NC(=O)c1c(C(F)(F)F)nn(C)c1F.CCCC=C(C)c1ccccc1NC(=O)c1c(C(F)(F)F)nn(C)c1F.CCCC[P+](c1ccccc1)(c1ccccc1)c1ccccc1.CI.[I-]. The van der Waals surface area contributed by atoms with Crippen LogP contribution in [0, 0.1) is 11.9 Å². The molecule has 0 aliphatic heterocycles. The molecule has 7 rings (SSSR count). The van der Waals surface area contributed by atoms with Crippen LogP contribution < -0.4 is 50.5 Å². The molecule has 78 heavy (non-hydrogen) atoms. The highest BCUT2D eigenvalue weighted by Crippen LogP contribution is 2.56. The number of halogens is 10. The fourth-order valence-corrected chi connectivity index (χ4v) is 12.3. The average Bonchev–Trinajstić information content (AvgIpc) is 3.92. The predicted molar refractivity (Wildman–Crippen MR) is 304 cm³/mol. The van der Waals surface area contributed by atoms with Crippen LogP contribution in [0.5, 0.6) is 0 Å². The van der Waals surface area contributed by atoms with Gasteiger partial charge in [-0.2, -0.15) is 45.3 Å². The number of rotatable bonds is 14. The van der Waals surface area contributed by atoms with Gasteiger partial charge in [0.25, 0.3) is 11.8 Å². The van der Waals surface area contributed by atoms with Gasteiger partial charge in [-0.1, -0.05) is 146 Å². The van der Waals surface area contributed by atoms with Crippen LogP contribution in [0.25, 0.3) is 5.57 Å². The maximum atomic E-state index is 14.1. The van der Waals surface area contributed by atoms with Gasteiger partial charge in [-0.15, -0.1) is 6.58 Å². The van der Waals surface area contributed by atoms with Gasteiger partial charge in [0.1, 0.15) is 34.3 Å². The zero-order valence-electron chi connectivity index (χ0n) is 44.4. The molecule has 0 radical (unpaired) electrons. The van der Waals surface area contributed by atoms with Crippen LogP contribution in [0.3, 0.4) is 0 Å². The van der Waals surface area contributed by atoms with E-state index < -0.39 is 71.6 Å². The number of aromatic nitrogens is 4.